The molecule has 3 rings (SSSR count). The third-order valence-electron chi connectivity index (χ3n) is 7.42. The molecule has 1 N–H and O–H groups in total. The second-order valence-corrected chi connectivity index (χ2v) is 16.1. The number of fused-ring (bicyclic) bond motifs is 1. The first-order chi connectivity index (χ1) is 17.2. The van der Waals surface area contributed by atoms with Gasteiger partial charge >= 0.3 is 5.97 Å². The van der Waals surface area contributed by atoms with Crippen LogP contribution in [0.3, 0.4) is 0 Å². The van der Waals surface area contributed by atoms with Crippen LogP contribution in [0.1, 0.15) is 71.6 Å². The molecule has 5 nitrogen and oxygen atoms in total. The number of nitrogens with one attached hydrogen (secondary N) is 1. The molecule has 1 heterocycles. The number of methoxy groups -OCH3 is 1. The number of aromatic nitrogens is 1. The summed E-state index contributed by atoms with van der Waals surface area (Å²) in [5, 5.41) is 1.10. The van der Waals surface area contributed by atoms with Gasteiger partial charge in [0.25, 0.3) is 8.32 Å². The summed E-state index contributed by atoms with van der Waals surface area (Å²) in [4.78, 5) is 15.7. The van der Waals surface area contributed by atoms with Crippen molar-refractivity contribution in [3.05, 3.63) is 65.9 Å². The summed E-state index contributed by atoms with van der Waals surface area (Å²) < 4.78 is 17.8. The molecule has 0 aliphatic rings. The Morgan fingerprint density at radius 3 is 2.19 bits per heavy atom. The van der Waals surface area contributed by atoms with Crippen molar-refractivity contribution in [2.24, 2.45) is 0 Å². The minimum atomic E-state index is -2.04. The van der Waals surface area contributed by atoms with Crippen LogP contribution in [-0.4, -0.2) is 33.0 Å². The molecule has 2 aromatic carbocycles. The Hall–Kier alpha value is -2.57. The van der Waals surface area contributed by atoms with Crippen molar-refractivity contribution >= 4 is 25.2 Å². The van der Waals surface area contributed by atoms with E-state index in [1.165, 1.54) is 7.11 Å². The summed E-state index contributed by atoms with van der Waals surface area (Å²) in [6.07, 6.45) is 1.04. The summed E-state index contributed by atoms with van der Waals surface area (Å²) in [5.41, 5.74) is 4.74. The zero-order valence-corrected chi connectivity index (χ0v) is 24.0. The van der Waals surface area contributed by atoms with Crippen molar-refractivity contribution in [2.75, 3.05) is 13.7 Å². The molecule has 0 amide bonds. The van der Waals surface area contributed by atoms with Crippen LogP contribution in [0.25, 0.3) is 10.9 Å². The van der Waals surface area contributed by atoms with E-state index in [0.29, 0.717) is 36.3 Å². The Balaban J connectivity index is 1.79. The average molecular weight is 510 g/mol. The summed E-state index contributed by atoms with van der Waals surface area (Å²) >= 11 is 0. The second kappa shape index (κ2) is 12.6. The van der Waals surface area contributed by atoms with Gasteiger partial charge in [-0.3, -0.25) is 4.79 Å². The number of ether oxygens (including phenoxy) is 2. The van der Waals surface area contributed by atoms with Crippen molar-refractivity contribution < 1.29 is 18.7 Å². The normalized spacial score (nSPS) is 13.1. The number of rotatable bonds is 13. The van der Waals surface area contributed by atoms with Gasteiger partial charge in [-0.15, -0.1) is 0 Å². The first kappa shape index (κ1) is 28.0. The van der Waals surface area contributed by atoms with Gasteiger partial charge in [-0.25, -0.2) is 0 Å². The molecule has 3 aromatic rings. The number of carbonyl (C=O) groups is 1. The minimum absolute atomic E-state index is 0.0135. The van der Waals surface area contributed by atoms with Crippen LogP contribution in [0.5, 0.6) is 5.75 Å². The van der Waals surface area contributed by atoms with E-state index in [4.69, 9.17) is 13.9 Å². The van der Waals surface area contributed by atoms with Crippen LogP contribution >= 0.6 is 0 Å². The van der Waals surface area contributed by atoms with Crippen LogP contribution in [0, 0.1) is 0 Å². The standard InChI is InChI=1S/C30H43NO4Si/c1-21(2)36(22(3)4,23(5)6)35-27-13-14-28-26(17-27)18-29(31-28)25(19-30(32)33-7)15-16-34-20-24-11-9-8-10-12-24/h8-14,17-18,21-23,25,31H,15-16,19-20H2,1-7H3/t25-/m1/s1. The average Bonchev–Trinajstić information content (AvgIpc) is 3.27. The molecule has 1 aromatic heterocycles. The minimum Gasteiger partial charge on any atom is -0.543 e. The molecule has 1 atom stereocenters. The number of esters is 1. The lowest BCUT2D eigenvalue weighted by molar-refractivity contribution is -0.141. The number of benzene rings is 2. The highest BCUT2D eigenvalue weighted by molar-refractivity contribution is 6.78. The largest absolute Gasteiger partial charge is 0.543 e. The van der Waals surface area contributed by atoms with Gasteiger partial charge in [-0.2, -0.15) is 0 Å². The summed E-state index contributed by atoms with van der Waals surface area (Å²) in [6.45, 7) is 14.9. The highest BCUT2D eigenvalue weighted by atomic mass is 28.4. The number of H-pyrrole nitrogens is 1. The van der Waals surface area contributed by atoms with Gasteiger partial charge < -0.3 is 18.9 Å². The van der Waals surface area contributed by atoms with E-state index in [1.54, 1.807) is 0 Å². The number of carbonyl (C=O) groups excluding carboxylic acids is 1. The third-order valence-corrected chi connectivity index (χ3v) is 13.4. The van der Waals surface area contributed by atoms with Gasteiger partial charge in [-0.05, 0) is 52.9 Å². The van der Waals surface area contributed by atoms with Gasteiger partial charge in [0.2, 0.25) is 0 Å². The second-order valence-electron chi connectivity index (χ2n) is 10.7. The van der Waals surface area contributed by atoms with E-state index in [-0.39, 0.29) is 11.9 Å². The highest BCUT2D eigenvalue weighted by Gasteiger charge is 2.47. The molecule has 0 radical (unpaired) electrons. The van der Waals surface area contributed by atoms with Crippen molar-refractivity contribution in [1.29, 1.82) is 0 Å². The smallest absolute Gasteiger partial charge is 0.306 e. The molecule has 0 aliphatic carbocycles. The molecule has 0 saturated heterocycles. The predicted octanol–water partition coefficient (Wildman–Crippen LogP) is 7.98. The first-order valence-electron chi connectivity index (χ1n) is 13.2. The number of aromatic amines is 1. The van der Waals surface area contributed by atoms with E-state index in [1.807, 2.05) is 18.2 Å². The Labute approximate surface area is 217 Å². The lowest BCUT2D eigenvalue weighted by atomic mass is 9.98. The maximum atomic E-state index is 12.2. The van der Waals surface area contributed by atoms with Crippen molar-refractivity contribution in [1.82, 2.24) is 4.98 Å². The van der Waals surface area contributed by atoms with Gasteiger partial charge in [0.1, 0.15) is 5.75 Å². The molecule has 0 spiro atoms. The maximum absolute atomic E-state index is 12.2. The lowest BCUT2D eigenvalue weighted by Gasteiger charge is -2.42. The van der Waals surface area contributed by atoms with Gasteiger partial charge in [-0.1, -0.05) is 71.9 Å². The van der Waals surface area contributed by atoms with E-state index in [9.17, 15) is 4.79 Å². The quantitative estimate of drug-likeness (QED) is 0.144. The van der Waals surface area contributed by atoms with Gasteiger partial charge in [0.15, 0.2) is 0 Å². The Morgan fingerprint density at radius 1 is 0.917 bits per heavy atom. The number of hydrogen-bond acceptors (Lipinski definition) is 4. The molecule has 0 bridgehead atoms. The van der Waals surface area contributed by atoms with Crippen LogP contribution in [0.4, 0.5) is 0 Å². The van der Waals surface area contributed by atoms with Gasteiger partial charge in [0, 0.05) is 29.1 Å². The molecule has 0 unspecified atom stereocenters. The third kappa shape index (κ3) is 6.59. The summed E-state index contributed by atoms with van der Waals surface area (Å²) in [5.74, 6) is 0.708. The highest BCUT2D eigenvalue weighted by Crippen LogP contribution is 2.43. The molecule has 0 saturated carbocycles. The van der Waals surface area contributed by atoms with Crippen LogP contribution in [0.15, 0.2) is 54.6 Å². The maximum Gasteiger partial charge on any atom is 0.306 e. The van der Waals surface area contributed by atoms with Gasteiger partial charge in [0.05, 0.1) is 20.1 Å². The van der Waals surface area contributed by atoms with Crippen molar-refractivity contribution in [3.63, 3.8) is 0 Å². The van der Waals surface area contributed by atoms with Crippen molar-refractivity contribution in [2.45, 2.75) is 83.5 Å². The SMILES string of the molecule is COC(=O)C[C@@H](CCOCc1ccccc1)c1cc2cc(O[Si](C(C)C)(C(C)C)C(C)C)ccc2[nH]1. The fourth-order valence-corrected chi connectivity index (χ4v) is 10.9. The topological polar surface area (TPSA) is 60.6 Å². The van der Waals surface area contributed by atoms with E-state index in [0.717, 1.165) is 34.3 Å². The zero-order valence-electron chi connectivity index (χ0n) is 23.0. The molecule has 0 aliphatic heterocycles. The molecular formula is C30H43NO4Si. The Morgan fingerprint density at radius 2 is 1.58 bits per heavy atom. The molecule has 0 fully saturated rings. The molecule has 196 valence electrons. The van der Waals surface area contributed by atoms with Crippen LogP contribution < -0.4 is 4.43 Å². The summed E-state index contributed by atoms with van der Waals surface area (Å²) in [7, 11) is -0.596. The van der Waals surface area contributed by atoms with E-state index < -0.39 is 8.32 Å². The molecule has 6 heteroatoms. The number of hydrogen-bond donors (Lipinski definition) is 1. The fraction of sp³-hybridized carbons (Fsp3) is 0.500. The zero-order chi connectivity index (χ0) is 26.3. The fourth-order valence-electron chi connectivity index (χ4n) is 5.62. The van der Waals surface area contributed by atoms with E-state index >= 15 is 0 Å². The first-order valence-corrected chi connectivity index (χ1v) is 15.3. The molecule has 36 heavy (non-hydrogen) atoms. The van der Waals surface area contributed by atoms with Crippen LogP contribution in [0.2, 0.25) is 16.6 Å². The van der Waals surface area contributed by atoms with Crippen molar-refractivity contribution in [3.8, 4) is 5.75 Å². The van der Waals surface area contributed by atoms with E-state index in [2.05, 4.69) is 82.9 Å². The van der Waals surface area contributed by atoms with Crippen LogP contribution in [-0.2, 0) is 20.9 Å². The summed E-state index contributed by atoms with van der Waals surface area (Å²) in [6, 6.07) is 18.6. The Bertz CT molecular complexity index is 1080. The lowest BCUT2D eigenvalue weighted by Crippen LogP contribution is -2.50. The predicted molar refractivity (Wildman–Crippen MR) is 150 cm³/mol. The Kier molecular flexibility index (Phi) is 9.80. The monoisotopic (exact) mass is 509 g/mol. The molecular weight excluding hydrogens is 466 g/mol.